The summed E-state index contributed by atoms with van der Waals surface area (Å²) in [5.41, 5.74) is 0.520. The topological polar surface area (TPSA) is 104 Å². The SMILES string of the molecule is Cc1noc(CNCC(O)COc2cccc(C#N)c2)n1. The zero-order valence-corrected chi connectivity index (χ0v) is 11.6. The second-order valence-corrected chi connectivity index (χ2v) is 4.47. The smallest absolute Gasteiger partial charge is 0.240 e. The van der Waals surface area contributed by atoms with Gasteiger partial charge >= 0.3 is 0 Å². The number of rotatable bonds is 7. The molecule has 7 heteroatoms. The summed E-state index contributed by atoms with van der Waals surface area (Å²) in [4.78, 5) is 4.04. The van der Waals surface area contributed by atoms with Gasteiger partial charge < -0.3 is 19.7 Å². The van der Waals surface area contributed by atoms with Gasteiger partial charge in [-0.25, -0.2) is 0 Å². The molecule has 2 aromatic rings. The molecule has 110 valence electrons. The molecule has 0 saturated carbocycles. The molecule has 0 radical (unpaired) electrons. The lowest BCUT2D eigenvalue weighted by Crippen LogP contribution is -2.31. The summed E-state index contributed by atoms with van der Waals surface area (Å²) in [6, 6.07) is 8.82. The van der Waals surface area contributed by atoms with E-state index in [0.29, 0.717) is 36.1 Å². The van der Waals surface area contributed by atoms with Gasteiger partial charge in [-0.2, -0.15) is 10.2 Å². The standard InChI is InChI=1S/C14H16N4O3/c1-10-17-14(21-18-10)8-16-7-12(19)9-20-13-4-2-3-11(5-13)6-15/h2-5,12,16,19H,7-9H2,1H3. The maximum atomic E-state index is 9.80. The van der Waals surface area contributed by atoms with Crippen LogP contribution in [0.4, 0.5) is 0 Å². The van der Waals surface area contributed by atoms with Crippen LogP contribution in [0.15, 0.2) is 28.8 Å². The lowest BCUT2D eigenvalue weighted by molar-refractivity contribution is 0.105. The van der Waals surface area contributed by atoms with E-state index in [1.807, 2.05) is 6.07 Å². The lowest BCUT2D eigenvalue weighted by Gasteiger charge is -2.12. The highest BCUT2D eigenvalue weighted by atomic mass is 16.5. The third-order valence-corrected chi connectivity index (χ3v) is 2.63. The van der Waals surface area contributed by atoms with Gasteiger partial charge in [-0.1, -0.05) is 11.2 Å². The van der Waals surface area contributed by atoms with Gasteiger partial charge in [0.2, 0.25) is 5.89 Å². The summed E-state index contributed by atoms with van der Waals surface area (Å²) in [6.45, 7) is 2.59. The lowest BCUT2D eigenvalue weighted by atomic mass is 10.2. The van der Waals surface area contributed by atoms with Crippen molar-refractivity contribution in [3.63, 3.8) is 0 Å². The molecule has 0 amide bonds. The fourth-order valence-corrected chi connectivity index (χ4v) is 1.66. The van der Waals surface area contributed by atoms with Crippen molar-refractivity contribution >= 4 is 0 Å². The molecule has 0 bridgehead atoms. The molecule has 1 aromatic carbocycles. The first-order valence-corrected chi connectivity index (χ1v) is 6.48. The highest BCUT2D eigenvalue weighted by Gasteiger charge is 2.07. The molecule has 1 atom stereocenters. The maximum Gasteiger partial charge on any atom is 0.240 e. The van der Waals surface area contributed by atoms with E-state index in [4.69, 9.17) is 14.5 Å². The molecule has 1 heterocycles. The third-order valence-electron chi connectivity index (χ3n) is 2.63. The molecule has 0 aliphatic rings. The molecule has 1 aromatic heterocycles. The number of aliphatic hydroxyl groups is 1. The van der Waals surface area contributed by atoms with Gasteiger partial charge in [-0.15, -0.1) is 0 Å². The van der Waals surface area contributed by atoms with Gasteiger partial charge in [0.1, 0.15) is 18.5 Å². The number of hydrogen-bond donors (Lipinski definition) is 2. The number of nitrogens with one attached hydrogen (secondary N) is 1. The number of benzene rings is 1. The summed E-state index contributed by atoms with van der Waals surface area (Å²) in [7, 11) is 0. The minimum absolute atomic E-state index is 0.130. The van der Waals surface area contributed by atoms with E-state index in [0.717, 1.165) is 0 Å². The third kappa shape index (κ3) is 4.87. The number of aliphatic hydroxyl groups excluding tert-OH is 1. The largest absolute Gasteiger partial charge is 0.491 e. The maximum absolute atomic E-state index is 9.80. The van der Waals surface area contributed by atoms with Crippen LogP contribution in [0.5, 0.6) is 5.75 Å². The van der Waals surface area contributed by atoms with Crippen molar-refractivity contribution < 1.29 is 14.4 Å². The Hall–Kier alpha value is -2.43. The van der Waals surface area contributed by atoms with Crippen molar-refractivity contribution in [2.45, 2.75) is 19.6 Å². The van der Waals surface area contributed by atoms with E-state index < -0.39 is 6.10 Å². The number of nitriles is 1. The van der Waals surface area contributed by atoms with Crippen molar-refractivity contribution in [3.05, 3.63) is 41.5 Å². The predicted octanol–water partition coefficient (Wildman–Crippen LogP) is 0.779. The predicted molar refractivity (Wildman–Crippen MR) is 73.4 cm³/mol. The van der Waals surface area contributed by atoms with Crippen LogP contribution in [0.25, 0.3) is 0 Å². The first-order chi connectivity index (χ1) is 10.2. The van der Waals surface area contributed by atoms with E-state index in [9.17, 15) is 5.11 Å². The number of hydrogen-bond acceptors (Lipinski definition) is 7. The zero-order chi connectivity index (χ0) is 15.1. The number of aryl methyl sites for hydroxylation is 1. The molecular weight excluding hydrogens is 272 g/mol. The highest BCUT2D eigenvalue weighted by Crippen LogP contribution is 2.12. The summed E-state index contributed by atoms with van der Waals surface area (Å²) >= 11 is 0. The second kappa shape index (κ2) is 7.38. The van der Waals surface area contributed by atoms with Gasteiger partial charge in [0, 0.05) is 6.54 Å². The van der Waals surface area contributed by atoms with Crippen molar-refractivity contribution in [2.75, 3.05) is 13.2 Å². The van der Waals surface area contributed by atoms with E-state index in [2.05, 4.69) is 15.5 Å². The Kier molecular flexibility index (Phi) is 5.26. The van der Waals surface area contributed by atoms with Crippen LogP contribution in [0.2, 0.25) is 0 Å². The molecule has 0 aliphatic heterocycles. The van der Waals surface area contributed by atoms with Gasteiger partial charge in [0.15, 0.2) is 5.82 Å². The monoisotopic (exact) mass is 288 g/mol. The Morgan fingerprint density at radius 1 is 1.52 bits per heavy atom. The first-order valence-electron chi connectivity index (χ1n) is 6.48. The quantitative estimate of drug-likeness (QED) is 0.775. The Labute approximate surface area is 122 Å². The molecular formula is C14H16N4O3. The van der Waals surface area contributed by atoms with E-state index in [1.165, 1.54) is 0 Å². The van der Waals surface area contributed by atoms with Crippen LogP contribution in [0.1, 0.15) is 17.3 Å². The molecule has 0 saturated heterocycles. The summed E-state index contributed by atoms with van der Waals surface area (Å²) in [5, 5.41) is 25.2. The van der Waals surface area contributed by atoms with Gasteiger partial charge in [-0.05, 0) is 25.1 Å². The average molecular weight is 288 g/mol. The van der Waals surface area contributed by atoms with Crippen LogP contribution >= 0.6 is 0 Å². The minimum atomic E-state index is -0.681. The Balaban J connectivity index is 1.69. The van der Waals surface area contributed by atoms with Gasteiger partial charge in [-0.3, -0.25) is 0 Å². The van der Waals surface area contributed by atoms with Crippen LogP contribution in [0.3, 0.4) is 0 Å². The molecule has 0 spiro atoms. The number of ether oxygens (including phenoxy) is 1. The molecule has 0 aliphatic carbocycles. The van der Waals surface area contributed by atoms with Gasteiger partial charge in [0.05, 0.1) is 18.2 Å². The van der Waals surface area contributed by atoms with E-state index in [1.54, 1.807) is 31.2 Å². The Morgan fingerprint density at radius 2 is 2.38 bits per heavy atom. The fraction of sp³-hybridized carbons (Fsp3) is 0.357. The van der Waals surface area contributed by atoms with Crippen molar-refractivity contribution in [3.8, 4) is 11.8 Å². The van der Waals surface area contributed by atoms with Crippen molar-refractivity contribution in [2.24, 2.45) is 0 Å². The summed E-state index contributed by atoms with van der Waals surface area (Å²) in [5.74, 6) is 1.61. The van der Waals surface area contributed by atoms with Crippen LogP contribution in [0, 0.1) is 18.3 Å². The number of aromatic nitrogens is 2. The molecule has 21 heavy (non-hydrogen) atoms. The van der Waals surface area contributed by atoms with Crippen LogP contribution in [-0.4, -0.2) is 34.5 Å². The molecule has 1 unspecified atom stereocenters. The van der Waals surface area contributed by atoms with Crippen molar-refractivity contribution in [1.29, 1.82) is 5.26 Å². The minimum Gasteiger partial charge on any atom is -0.491 e. The molecule has 2 N–H and O–H groups in total. The fourth-order valence-electron chi connectivity index (χ4n) is 1.66. The zero-order valence-electron chi connectivity index (χ0n) is 11.6. The second-order valence-electron chi connectivity index (χ2n) is 4.47. The summed E-state index contributed by atoms with van der Waals surface area (Å²) < 4.78 is 10.4. The van der Waals surface area contributed by atoms with Crippen LogP contribution < -0.4 is 10.1 Å². The molecule has 2 rings (SSSR count). The summed E-state index contributed by atoms with van der Waals surface area (Å²) in [6.07, 6.45) is -0.681. The van der Waals surface area contributed by atoms with E-state index in [-0.39, 0.29) is 6.61 Å². The molecule has 0 fully saturated rings. The normalized spacial score (nSPS) is 11.9. The van der Waals surface area contributed by atoms with E-state index >= 15 is 0 Å². The first kappa shape index (κ1) is 15.0. The molecule has 7 nitrogen and oxygen atoms in total. The average Bonchev–Trinajstić information content (AvgIpc) is 2.91. The van der Waals surface area contributed by atoms with Crippen molar-refractivity contribution in [1.82, 2.24) is 15.5 Å². The highest BCUT2D eigenvalue weighted by molar-refractivity contribution is 5.36. The Bertz CT molecular complexity index is 621. The van der Waals surface area contributed by atoms with Crippen LogP contribution in [-0.2, 0) is 6.54 Å². The Morgan fingerprint density at radius 3 is 3.10 bits per heavy atom. The van der Waals surface area contributed by atoms with Gasteiger partial charge in [0.25, 0.3) is 0 Å². The number of nitrogens with zero attached hydrogens (tertiary/aromatic N) is 3.